The van der Waals surface area contributed by atoms with Crippen LogP contribution in [0.15, 0.2) is 30.3 Å². The highest BCUT2D eigenvalue weighted by molar-refractivity contribution is 5.98. The van der Waals surface area contributed by atoms with E-state index >= 15 is 0 Å². The number of para-hydroxylation sites is 1. The average Bonchev–Trinajstić information content (AvgIpc) is 2.63. The van der Waals surface area contributed by atoms with E-state index in [4.69, 9.17) is 0 Å². The molecule has 0 bridgehead atoms. The molecule has 0 saturated carbocycles. The number of rotatable bonds is 4. The number of piperazine rings is 2. The number of amides is 3. The highest BCUT2D eigenvalue weighted by Crippen LogP contribution is 2.19. The molecule has 3 amide bonds. The second-order valence-corrected chi connectivity index (χ2v) is 7.04. The lowest BCUT2D eigenvalue weighted by atomic mass is 10.1. The van der Waals surface area contributed by atoms with Gasteiger partial charge >= 0.3 is 0 Å². The molecule has 0 unspecified atom stereocenters. The zero-order chi connectivity index (χ0) is 18.7. The van der Waals surface area contributed by atoms with Crippen LogP contribution in [-0.2, 0) is 14.4 Å². The molecule has 1 atom stereocenters. The van der Waals surface area contributed by atoms with Crippen LogP contribution in [-0.4, -0.2) is 72.3 Å². The largest absolute Gasteiger partial charge is 0.353 e. The number of hydrogen-bond donors (Lipinski definition) is 1. The Morgan fingerprint density at radius 1 is 1.15 bits per heavy atom. The molecule has 2 saturated heterocycles. The first kappa shape index (κ1) is 18.4. The predicted molar refractivity (Wildman–Crippen MR) is 98.6 cm³/mol. The molecule has 2 heterocycles. The Labute approximate surface area is 153 Å². The summed E-state index contributed by atoms with van der Waals surface area (Å²) >= 11 is 0. The first-order valence-electron chi connectivity index (χ1n) is 9.14. The number of carbonyl (C=O) groups is 3. The van der Waals surface area contributed by atoms with E-state index in [1.165, 1.54) is 0 Å². The lowest BCUT2D eigenvalue weighted by molar-refractivity contribution is -0.142. The summed E-state index contributed by atoms with van der Waals surface area (Å²) in [7, 11) is 0. The molecule has 0 aromatic heterocycles. The number of nitrogens with zero attached hydrogens (tertiary/aromatic N) is 3. The van der Waals surface area contributed by atoms with Gasteiger partial charge in [-0.1, -0.05) is 18.2 Å². The molecule has 2 aliphatic heterocycles. The summed E-state index contributed by atoms with van der Waals surface area (Å²) in [6, 6.07) is 9.20. The summed E-state index contributed by atoms with van der Waals surface area (Å²) in [6.45, 7) is 6.41. The highest BCUT2D eigenvalue weighted by atomic mass is 16.2. The monoisotopic (exact) mass is 358 g/mol. The van der Waals surface area contributed by atoms with Crippen molar-refractivity contribution in [2.45, 2.75) is 32.4 Å². The van der Waals surface area contributed by atoms with Crippen molar-refractivity contribution in [2.75, 3.05) is 37.6 Å². The van der Waals surface area contributed by atoms with E-state index in [0.717, 1.165) is 12.2 Å². The van der Waals surface area contributed by atoms with Crippen molar-refractivity contribution in [1.82, 2.24) is 15.1 Å². The Morgan fingerprint density at radius 3 is 2.54 bits per heavy atom. The second kappa shape index (κ2) is 7.86. The van der Waals surface area contributed by atoms with E-state index in [0.29, 0.717) is 19.6 Å². The van der Waals surface area contributed by atoms with Crippen LogP contribution in [0.5, 0.6) is 0 Å². The number of nitrogens with one attached hydrogen (secondary N) is 1. The van der Waals surface area contributed by atoms with Gasteiger partial charge in [0.15, 0.2) is 0 Å². The summed E-state index contributed by atoms with van der Waals surface area (Å²) in [5, 5.41) is 2.84. The predicted octanol–water partition coefficient (Wildman–Crippen LogP) is 0.461. The fourth-order valence-electron chi connectivity index (χ4n) is 3.62. The summed E-state index contributed by atoms with van der Waals surface area (Å²) in [6.07, 6.45) is 0.114. The van der Waals surface area contributed by atoms with Gasteiger partial charge in [-0.3, -0.25) is 19.3 Å². The maximum Gasteiger partial charge on any atom is 0.246 e. The summed E-state index contributed by atoms with van der Waals surface area (Å²) in [5.74, 6) is -0.337. The maximum atomic E-state index is 12.7. The minimum absolute atomic E-state index is 0.0593. The minimum Gasteiger partial charge on any atom is -0.353 e. The molecule has 1 N–H and O–H groups in total. The lowest BCUT2D eigenvalue weighted by Gasteiger charge is -2.39. The smallest absolute Gasteiger partial charge is 0.246 e. The van der Waals surface area contributed by atoms with Crippen molar-refractivity contribution in [1.29, 1.82) is 0 Å². The van der Waals surface area contributed by atoms with Crippen LogP contribution in [0.25, 0.3) is 0 Å². The molecule has 26 heavy (non-hydrogen) atoms. The molecule has 7 nitrogen and oxygen atoms in total. The van der Waals surface area contributed by atoms with Crippen LogP contribution in [0.1, 0.15) is 20.3 Å². The summed E-state index contributed by atoms with van der Waals surface area (Å²) in [4.78, 5) is 42.8. The van der Waals surface area contributed by atoms with Crippen molar-refractivity contribution < 1.29 is 14.4 Å². The van der Waals surface area contributed by atoms with Gasteiger partial charge in [0, 0.05) is 37.9 Å². The van der Waals surface area contributed by atoms with Gasteiger partial charge < -0.3 is 15.1 Å². The Bertz CT molecular complexity index is 677. The first-order chi connectivity index (χ1) is 12.5. The normalized spacial score (nSPS) is 21.9. The highest BCUT2D eigenvalue weighted by Gasteiger charge is 2.36. The van der Waals surface area contributed by atoms with Gasteiger partial charge in [-0.05, 0) is 26.0 Å². The first-order valence-corrected chi connectivity index (χ1v) is 9.14. The molecule has 7 heteroatoms. The molecule has 2 fully saturated rings. The van der Waals surface area contributed by atoms with Gasteiger partial charge in [-0.25, -0.2) is 0 Å². The molecule has 3 rings (SSSR count). The Balaban J connectivity index is 1.62. The topological polar surface area (TPSA) is 73.0 Å². The van der Waals surface area contributed by atoms with Gasteiger partial charge in [0.1, 0.15) is 6.54 Å². The molecule has 0 radical (unpaired) electrons. The molecule has 0 aliphatic carbocycles. The quantitative estimate of drug-likeness (QED) is 0.849. The van der Waals surface area contributed by atoms with E-state index in [2.05, 4.69) is 10.2 Å². The van der Waals surface area contributed by atoms with E-state index in [1.807, 2.05) is 44.2 Å². The molecule has 1 aromatic rings. The minimum atomic E-state index is -0.460. The average molecular weight is 358 g/mol. The zero-order valence-corrected chi connectivity index (χ0v) is 15.4. The van der Waals surface area contributed by atoms with Gasteiger partial charge in [0.05, 0.1) is 12.5 Å². The lowest BCUT2D eigenvalue weighted by Crippen LogP contribution is -2.59. The third-order valence-corrected chi connectivity index (χ3v) is 5.04. The molecule has 2 aliphatic rings. The van der Waals surface area contributed by atoms with Gasteiger partial charge in [0.2, 0.25) is 17.7 Å². The Morgan fingerprint density at radius 2 is 1.88 bits per heavy atom. The molecular weight excluding hydrogens is 332 g/mol. The third-order valence-electron chi connectivity index (χ3n) is 5.04. The van der Waals surface area contributed by atoms with E-state index in [1.54, 1.807) is 9.80 Å². The molecular formula is C19H26N4O3. The standard InChI is InChI=1S/C19H26N4O3/c1-14(2)22-9-8-20-19(26)16(22)12-17(24)21-10-11-23(18(25)13-21)15-6-4-3-5-7-15/h3-7,14,16H,8-13H2,1-2H3,(H,20,26)/t16-/m0/s1. The number of hydrogen-bond acceptors (Lipinski definition) is 4. The van der Waals surface area contributed by atoms with E-state index < -0.39 is 6.04 Å². The fraction of sp³-hybridized carbons (Fsp3) is 0.526. The van der Waals surface area contributed by atoms with Crippen molar-refractivity contribution >= 4 is 23.4 Å². The number of carbonyl (C=O) groups excluding carboxylic acids is 3. The van der Waals surface area contributed by atoms with Crippen LogP contribution < -0.4 is 10.2 Å². The van der Waals surface area contributed by atoms with Crippen molar-refractivity contribution in [2.24, 2.45) is 0 Å². The van der Waals surface area contributed by atoms with Gasteiger partial charge in [-0.2, -0.15) is 0 Å². The van der Waals surface area contributed by atoms with Crippen molar-refractivity contribution in [3.05, 3.63) is 30.3 Å². The van der Waals surface area contributed by atoms with Gasteiger partial charge in [0.25, 0.3) is 0 Å². The van der Waals surface area contributed by atoms with Crippen LogP contribution in [0.2, 0.25) is 0 Å². The van der Waals surface area contributed by atoms with Crippen molar-refractivity contribution in [3.8, 4) is 0 Å². The molecule has 1 aromatic carbocycles. The van der Waals surface area contributed by atoms with Crippen LogP contribution >= 0.6 is 0 Å². The SMILES string of the molecule is CC(C)N1CCNC(=O)[C@@H]1CC(=O)N1CCN(c2ccccc2)C(=O)C1. The second-order valence-electron chi connectivity index (χ2n) is 7.04. The van der Waals surface area contributed by atoms with Crippen LogP contribution in [0, 0.1) is 0 Å². The zero-order valence-electron chi connectivity index (χ0n) is 15.4. The maximum absolute atomic E-state index is 12.7. The Hall–Kier alpha value is -2.41. The third kappa shape index (κ3) is 3.88. The van der Waals surface area contributed by atoms with Crippen molar-refractivity contribution in [3.63, 3.8) is 0 Å². The molecule has 0 spiro atoms. The summed E-state index contributed by atoms with van der Waals surface area (Å²) < 4.78 is 0. The summed E-state index contributed by atoms with van der Waals surface area (Å²) in [5.41, 5.74) is 0.849. The van der Waals surface area contributed by atoms with Crippen LogP contribution in [0.3, 0.4) is 0 Å². The van der Waals surface area contributed by atoms with E-state index in [9.17, 15) is 14.4 Å². The number of anilines is 1. The fourth-order valence-corrected chi connectivity index (χ4v) is 3.62. The Kier molecular flexibility index (Phi) is 5.56. The van der Waals surface area contributed by atoms with Gasteiger partial charge in [-0.15, -0.1) is 0 Å². The number of benzene rings is 1. The van der Waals surface area contributed by atoms with E-state index in [-0.39, 0.29) is 36.7 Å². The van der Waals surface area contributed by atoms with Crippen LogP contribution in [0.4, 0.5) is 5.69 Å². The molecule has 140 valence electrons.